The molecular formula is C29H26N6O4S3. The van der Waals surface area contributed by atoms with E-state index in [1.807, 2.05) is 61.9 Å². The number of likely N-dealkylation sites (N-methyl/N-ethyl adjacent to an activating group) is 1. The predicted molar refractivity (Wildman–Crippen MR) is 164 cm³/mol. The topological polar surface area (TPSA) is 104 Å². The fourth-order valence-electron chi connectivity index (χ4n) is 4.82. The van der Waals surface area contributed by atoms with Crippen molar-refractivity contribution < 1.29 is 19.0 Å². The van der Waals surface area contributed by atoms with Crippen molar-refractivity contribution in [2.75, 3.05) is 27.4 Å². The first-order chi connectivity index (χ1) is 20.4. The van der Waals surface area contributed by atoms with Crippen molar-refractivity contribution in [2.45, 2.75) is 26.0 Å². The number of benzene rings is 2. The van der Waals surface area contributed by atoms with Crippen LogP contribution in [-0.2, 0) is 11.3 Å². The summed E-state index contributed by atoms with van der Waals surface area (Å²) in [5.41, 5.74) is 3.98. The fraction of sp³-hybridized carbons (Fsp3) is 0.276. The molecule has 0 spiro atoms. The number of hydrogen-bond donors (Lipinski definition) is 0. The van der Waals surface area contributed by atoms with Crippen molar-refractivity contribution in [3.05, 3.63) is 64.2 Å². The van der Waals surface area contributed by atoms with Crippen molar-refractivity contribution in [1.82, 2.24) is 29.5 Å². The Hall–Kier alpha value is -3.91. The van der Waals surface area contributed by atoms with Crippen molar-refractivity contribution in [3.8, 4) is 32.8 Å². The number of carbonyl (C=O) groups excluding carboxylic acids is 1. The molecule has 0 bridgehead atoms. The Morgan fingerprint density at radius 2 is 2.00 bits per heavy atom. The molecule has 6 aromatic rings. The molecule has 1 amide bonds. The van der Waals surface area contributed by atoms with Crippen molar-refractivity contribution in [3.63, 3.8) is 0 Å². The van der Waals surface area contributed by atoms with Crippen LogP contribution in [0.2, 0.25) is 0 Å². The Morgan fingerprint density at radius 3 is 2.76 bits per heavy atom. The zero-order valence-electron chi connectivity index (χ0n) is 23.1. The highest BCUT2D eigenvalue weighted by atomic mass is 32.1. The second kappa shape index (κ2) is 11.1. The molecule has 1 saturated heterocycles. The molecule has 1 atom stereocenters. The third-order valence-corrected chi connectivity index (χ3v) is 9.99. The van der Waals surface area contributed by atoms with E-state index in [4.69, 9.17) is 29.2 Å². The standard InChI is InChI=1S/C29H26N6O4S3/c1-16-33-35-12-23(32-29(35)41-16)27-31-22-10-21(37-3)11-24(25(22)42-27)39-13-19-15-40-26(30-19)17-4-6-18(7-5-17)28(36)34(2)20-8-9-38-14-20/h4-7,10-12,15,20H,8-9,13-14H2,1-3H3. The second-order valence-electron chi connectivity index (χ2n) is 9.91. The second-order valence-corrected chi connectivity index (χ2v) is 12.9. The maximum atomic E-state index is 12.9. The van der Waals surface area contributed by atoms with Crippen molar-refractivity contribution in [1.29, 1.82) is 0 Å². The number of carbonyl (C=O) groups is 1. The molecule has 7 rings (SSSR count). The summed E-state index contributed by atoms with van der Waals surface area (Å²) >= 11 is 4.61. The summed E-state index contributed by atoms with van der Waals surface area (Å²) in [6.45, 7) is 3.55. The van der Waals surface area contributed by atoms with Gasteiger partial charge in [-0.3, -0.25) is 4.79 Å². The highest BCUT2D eigenvalue weighted by molar-refractivity contribution is 7.22. The van der Waals surface area contributed by atoms with Gasteiger partial charge in [0.05, 0.1) is 41.9 Å². The molecule has 13 heteroatoms. The summed E-state index contributed by atoms with van der Waals surface area (Å²) in [6.07, 6.45) is 2.77. The molecule has 0 N–H and O–H groups in total. The molecule has 1 fully saturated rings. The Balaban J connectivity index is 1.07. The fourth-order valence-corrected chi connectivity index (χ4v) is 7.33. The van der Waals surface area contributed by atoms with E-state index in [2.05, 4.69) is 5.10 Å². The third-order valence-electron chi connectivity index (χ3n) is 7.11. The lowest BCUT2D eigenvalue weighted by atomic mass is 10.1. The van der Waals surface area contributed by atoms with Crippen LogP contribution in [0.1, 0.15) is 27.5 Å². The Bertz CT molecular complexity index is 1870. The Morgan fingerprint density at radius 1 is 1.14 bits per heavy atom. The number of thiazole rings is 2. The third kappa shape index (κ3) is 5.13. The highest BCUT2D eigenvalue weighted by Crippen LogP contribution is 2.39. The molecule has 1 aliphatic heterocycles. The van der Waals surface area contributed by atoms with Crippen LogP contribution in [0.4, 0.5) is 0 Å². The van der Waals surface area contributed by atoms with Gasteiger partial charge in [0, 0.05) is 42.3 Å². The van der Waals surface area contributed by atoms with Gasteiger partial charge in [-0.15, -0.1) is 22.7 Å². The summed E-state index contributed by atoms with van der Waals surface area (Å²) in [5.74, 6) is 1.34. The first kappa shape index (κ1) is 27.0. The van der Waals surface area contributed by atoms with Crippen molar-refractivity contribution in [2.24, 2.45) is 0 Å². The van der Waals surface area contributed by atoms with Crippen LogP contribution in [0.15, 0.2) is 48.0 Å². The zero-order valence-corrected chi connectivity index (χ0v) is 25.5. The van der Waals surface area contributed by atoms with Gasteiger partial charge < -0.3 is 19.1 Å². The van der Waals surface area contributed by atoms with E-state index in [0.717, 1.165) is 53.6 Å². The van der Waals surface area contributed by atoms with Crippen LogP contribution in [0.5, 0.6) is 11.5 Å². The summed E-state index contributed by atoms with van der Waals surface area (Å²) < 4.78 is 19.9. The summed E-state index contributed by atoms with van der Waals surface area (Å²) in [4.78, 5) is 29.8. The number of ether oxygens (including phenoxy) is 3. The number of rotatable bonds is 8. The number of aromatic nitrogens is 5. The van der Waals surface area contributed by atoms with E-state index in [9.17, 15) is 4.79 Å². The minimum atomic E-state index is 0.000563. The van der Waals surface area contributed by atoms with Gasteiger partial charge in [-0.05, 0) is 25.5 Å². The summed E-state index contributed by atoms with van der Waals surface area (Å²) in [7, 11) is 3.46. The molecule has 10 nitrogen and oxygen atoms in total. The number of aryl methyl sites for hydroxylation is 1. The van der Waals surface area contributed by atoms with Gasteiger partial charge in [-0.2, -0.15) is 5.10 Å². The van der Waals surface area contributed by atoms with E-state index < -0.39 is 0 Å². The van der Waals surface area contributed by atoms with Crippen LogP contribution in [0.3, 0.4) is 0 Å². The molecule has 0 radical (unpaired) electrons. The van der Waals surface area contributed by atoms with Crippen LogP contribution in [0, 0.1) is 6.92 Å². The molecular weight excluding hydrogens is 593 g/mol. The van der Waals surface area contributed by atoms with Crippen LogP contribution < -0.4 is 9.47 Å². The first-order valence-electron chi connectivity index (χ1n) is 13.3. The zero-order chi connectivity index (χ0) is 28.8. The molecule has 1 unspecified atom stereocenters. The molecule has 2 aromatic carbocycles. The summed E-state index contributed by atoms with van der Waals surface area (Å²) in [5, 5.41) is 9.07. The Kier molecular flexibility index (Phi) is 7.10. The number of imidazole rings is 1. The van der Waals surface area contributed by atoms with Crippen LogP contribution in [0.25, 0.3) is 36.5 Å². The van der Waals surface area contributed by atoms with Gasteiger partial charge in [0.2, 0.25) is 4.96 Å². The maximum Gasteiger partial charge on any atom is 0.253 e. The lowest BCUT2D eigenvalue weighted by Gasteiger charge is -2.23. The number of methoxy groups -OCH3 is 1. The largest absolute Gasteiger partial charge is 0.497 e. The minimum Gasteiger partial charge on any atom is -0.497 e. The van der Waals surface area contributed by atoms with E-state index in [1.54, 1.807) is 39.2 Å². The maximum absolute atomic E-state index is 12.9. The molecule has 214 valence electrons. The minimum absolute atomic E-state index is 0.000563. The van der Waals surface area contributed by atoms with E-state index >= 15 is 0 Å². The van der Waals surface area contributed by atoms with Crippen LogP contribution >= 0.6 is 34.0 Å². The van der Waals surface area contributed by atoms with Gasteiger partial charge in [0.15, 0.2) is 0 Å². The molecule has 42 heavy (non-hydrogen) atoms. The van der Waals surface area contributed by atoms with E-state index in [0.29, 0.717) is 36.9 Å². The highest BCUT2D eigenvalue weighted by Gasteiger charge is 2.25. The monoisotopic (exact) mass is 618 g/mol. The molecule has 4 aromatic heterocycles. The lowest BCUT2D eigenvalue weighted by molar-refractivity contribution is 0.0711. The molecule has 0 saturated carbocycles. The van der Waals surface area contributed by atoms with Gasteiger partial charge >= 0.3 is 0 Å². The molecule has 0 aliphatic carbocycles. The smallest absolute Gasteiger partial charge is 0.253 e. The normalized spacial score (nSPS) is 15.1. The first-order valence-corrected chi connectivity index (χ1v) is 15.8. The number of fused-ring (bicyclic) bond motifs is 2. The van der Waals surface area contributed by atoms with Crippen LogP contribution in [-0.4, -0.2) is 68.8 Å². The predicted octanol–water partition coefficient (Wildman–Crippen LogP) is 5.95. The average Bonchev–Trinajstić information content (AvgIpc) is 3.83. The quantitative estimate of drug-likeness (QED) is 0.206. The van der Waals surface area contributed by atoms with Gasteiger partial charge in [0.1, 0.15) is 38.8 Å². The number of nitrogens with zero attached hydrogens (tertiary/aromatic N) is 6. The number of hydrogen-bond acceptors (Lipinski definition) is 11. The van der Waals surface area contributed by atoms with E-state index in [1.165, 1.54) is 11.3 Å². The summed E-state index contributed by atoms with van der Waals surface area (Å²) in [6, 6.07) is 11.5. The van der Waals surface area contributed by atoms with Gasteiger partial charge in [-0.25, -0.2) is 19.5 Å². The Labute approximate surface area is 253 Å². The average molecular weight is 619 g/mol. The lowest BCUT2D eigenvalue weighted by Crippen LogP contribution is -2.37. The van der Waals surface area contributed by atoms with Gasteiger partial charge in [-0.1, -0.05) is 23.5 Å². The van der Waals surface area contributed by atoms with Gasteiger partial charge in [0.25, 0.3) is 5.91 Å². The molecule has 1 aliphatic rings. The number of amides is 1. The molecule has 5 heterocycles. The SMILES string of the molecule is COc1cc(OCc2csc(-c3ccc(C(=O)N(C)C4CCOC4)cc3)n2)c2sc(-c3cn4nc(C)sc4n3)nc2c1. The van der Waals surface area contributed by atoms with Crippen molar-refractivity contribution >= 4 is 55.1 Å². The van der Waals surface area contributed by atoms with E-state index in [-0.39, 0.29) is 11.9 Å².